The van der Waals surface area contributed by atoms with Crippen molar-refractivity contribution in [2.75, 3.05) is 19.7 Å². The molecule has 1 aromatic carbocycles. The van der Waals surface area contributed by atoms with Gasteiger partial charge in [0.05, 0.1) is 18.4 Å². The van der Waals surface area contributed by atoms with E-state index in [0.29, 0.717) is 13.1 Å². The summed E-state index contributed by atoms with van der Waals surface area (Å²) < 4.78 is 47.5. The summed E-state index contributed by atoms with van der Waals surface area (Å²) >= 11 is 0.866. The Bertz CT molecular complexity index is 1100. The van der Waals surface area contributed by atoms with Crippen LogP contribution in [0.3, 0.4) is 0 Å². The van der Waals surface area contributed by atoms with Crippen LogP contribution in [0.2, 0.25) is 0 Å². The maximum absolute atomic E-state index is 13.7. The summed E-state index contributed by atoms with van der Waals surface area (Å²) in [6, 6.07) is 0.219. The highest BCUT2D eigenvalue weighted by Gasteiger charge is 2.49. The van der Waals surface area contributed by atoms with Crippen molar-refractivity contribution >= 4 is 17.7 Å². The van der Waals surface area contributed by atoms with E-state index in [4.69, 9.17) is 4.74 Å². The van der Waals surface area contributed by atoms with Gasteiger partial charge in [0.15, 0.2) is 17.5 Å². The molecule has 4 N–H and O–H groups in total. The molecule has 2 saturated heterocycles. The molecular formula is C23H29F3N4O6S. The quantitative estimate of drug-likeness (QED) is 0.372. The number of aromatic nitrogens is 3. The third kappa shape index (κ3) is 5.64. The zero-order chi connectivity index (χ0) is 27.1. The number of rotatable bonds is 7. The molecule has 1 aromatic heterocycles. The number of aliphatic hydroxyl groups is 4. The molecule has 0 radical (unpaired) electrons. The number of hydrogen-bond acceptors (Lipinski definition) is 9. The van der Waals surface area contributed by atoms with Crippen LogP contribution in [-0.4, -0.2) is 101 Å². The molecule has 0 bridgehead atoms. The first-order chi connectivity index (χ1) is 17.4. The first kappa shape index (κ1) is 27.8. The van der Waals surface area contributed by atoms with E-state index in [9.17, 15) is 38.4 Å². The molecule has 0 spiro atoms. The van der Waals surface area contributed by atoms with Crippen LogP contribution in [0.5, 0.6) is 0 Å². The predicted octanol–water partition coefficient (Wildman–Crippen LogP) is 0.838. The van der Waals surface area contributed by atoms with Crippen LogP contribution in [-0.2, 0) is 9.53 Å². The first-order valence-corrected chi connectivity index (χ1v) is 12.7. The Kier molecular flexibility index (Phi) is 8.16. The zero-order valence-electron chi connectivity index (χ0n) is 20.2. The largest absolute Gasteiger partial charge is 0.394 e. The number of carbonyl (C=O) groups is 1. The van der Waals surface area contributed by atoms with Crippen molar-refractivity contribution in [2.45, 2.75) is 67.3 Å². The monoisotopic (exact) mass is 546 g/mol. The molecule has 2 aromatic rings. The number of hydrogen-bond donors (Lipinski definition) is 4. The topological polar surface area (TPSA) is 141 Å². The van der Waals surface area contributed by atoms with Gasteiger partial charge in [-0.3, -0.25) is 4.79 Å². The highest BCUT2D eigenvalue weighted by Crippen LogP contribution is 2.40. The average molecular weight is 547 g/mol. The maximum Gasteiger partial charge on any atom is 0.238 e. The van der Waals surface area contributed by atoms with Crippen LogP contribution in [0.25, 0.3) is 11.3 Å². The van der Waals surface area contributed by atoms with Crippen LogP contribution in [0.1, 0.15) is 32.7 Å². The number of halogens is 3. The van der Waals surface area contributed by atoms with Crippen LogP contribution < -0.4 is 0 Å². The fourth-order valence-corrected chi connectivity index (χ4v) is 5.91. The Morgan fingerprint density at radius 1 is 1.19 bits per heavy atom. The standard InChI is InChI=1S/C23H29F3N4O6S/c1-23(2,35)20(21(34)29-5-3-4-6-29)37-22-19(33)17(18(32)15(10-31)36-22)30-9-14(27-28-30)11-7-12(24)16(26)13(25)8-11/h7-9,15,17-20,22,31-33,35H,3-6,10H2,1-2H3/t15-,17+,18+,19-,20+,22+/m1/s1. The van der Waals surface area contributed by atoms with E-state index < -0.39 is 64.7 Å². The van der Waals surface area contributed by atoms with Gasteiger partial charge in [-0.2, -0.15) is 0 Å². The van der Waals surface area contributed by atoms with E-state index in [1.54, 1.807) is 4.90 Å². The second-order valence-electron chi connectivity index (χ2n) is 9.74. The molecule has 37 heavy (non-hydrogen) atoms. The minimum Gasteiger partial charge on any atom is -0.394 e. The lowest BCUT2D eigenvalue weighted by Crippen LogP contribution is -2.57. The molecule has 0 saturated carbocycles. The Morgan fingerprint density at radius 3 is 2.38 bits per heavy atom. The lowest BCUT2D eigenvalue weighted by molar-refractivity contribution is -0.179. The summed E-state index contributed by atoms with van der Waals surface area (Å²) in [7, 11) is 0. The van der Waals surface area contributed by atoms with Crippen molar-refractivity contribution in [2.24, 2.45) is 0 Å². The molecular weight excluding hydrogens is 517 g/mol. The van der Waals surface area contributed by atoms with Gasteiger partial charge < -0.3 is 30.1 Å². The molecule has 1 amide bonds. The van der Waals surface area contributed by atoms with Crippen molar-refractivity contribution in [3.63, 3.8) is 0 Å². The number of carbonyl (C=O) groups excluding carboxylic acids is 1. The van der Waals surface area contributed by atoms with Crippen LogP contribution in [0.4, 0.5) is 13.2 Å². The van der Waals surface area contributed by atoms with Gasteiger partial charge in [0.25, 0.3) is 0 Å². The molecule has 10 nitrogen and oxygen atoms in total. The second kappa shape index (κ2) is 10.9. The third-order valence-electron chi connectivity index (χ3n) is 6.50. The van der Waals surface area contributed by atoms with Crippen LogP contribution >= 0.6 is 11.8 Å². The zero-order valence-corrected chi connectivity index (χ0v) is 21.0. The Hall–Kier alpha value is -2.23. The smallest absolute Gasteiger partial charge is 0.238 e. The number of thioether (sulfide) groups is 1. The van der Waals surface area contributed by atoms with Crippen molar-refractivity contribution in [3.8, 4) is 11.3 Å². The van der Waals surface area contributed by atoms with Gasteiger partial charge in [0.1, 0.15) is 40.7 Å². The molecule has 2 aliphatic rings. The van der Waals surface area contributed by atoms with Crippen LogP contribution in [0, 0.1) is 17.5 Å². The molecule has 0 unspecified atom stereocenters. The van der Waals surface area contributed by atoms with Gasteiger partial charge in [-0.15, -0.1) is 16.9 Å². The number of benzene rings is 1. The Balaban J connectivity index is 1.62. The van der Waals surface area contributed by atoms with Crippen molar-refractivity contribution in [1.82, 2.24) is 19.9 Å². The van der Waals surface area contributed by atoms with E-state index in [1.165, 1.54) is 20.0 Å². The van der Waals surface area contributed by atoms with E-state index in [1.807, 2.05) is 0 Å². The van der Waals surface area contributed by atoms with Gasteiger partial charge in [0.2, 0.25) is 5.91 Å². The molecule has 4 rings (SSSR count). The summed E-state index contributed by atoms with van der Waals surface area (Å²) in [6.45, 7) is 3.40. The second-order valence-corrected chi connectivity index (χ2v) is 10.9. The van der Waals surface area contributed by atoms with Gasteiger partial charge in [0, 0.05) is 18.7 Å². The van der Waals surface area contributed by atoms with Gasteiger partial charge in [-0.1, -0.05) is 5.21 Å². The highest BCUT2D eigenvalue weighted by molar-refractivity contribution is 8.01. The minimum absolute atomic E-state index is 0.0629. The van der Waals surface area contributed by atoms with Crippen molar-refractivity contribution in [1.29, 1.82) is 0 Å². The summed E-state index contributed by atoms with van der Waals surface area (Å²) in [5.41, 5.74) is -2.86. The number of nitrogens with zero attached hydrogens (tertiary/aromatic N) is 4. The van der Waals surface area contributed by atoms with Crippen molar-refractivity contribution in [3.05, 3.63) is 35.8 Å². The number of amides is 1. The number of likely N-dealkylation sites (tertiary alicyclic amines) is 1. The molecule has 204 valence electrons. The SMILES string of the molecule is CC(C)(O)[C@@H](S[C@@H]1O[C@H](CO)[C@H](O)[C@H](n2cc(-c3cc(F)c(F)c(F)c3)nn2)[C@H]1O)C(=O)N1CCCC1. The maximum atomic E-state index is 13.7. The van der Waals surface area contributed by atoms with E-state index in [-0.39, 0.29) is 17.2 Å². The van der Waals surface area contributed by atoms with E-state index in [2.05, 4.69) is 10.3 Å². The average Bonchev–Trinajstić information content (AvgIpc) is 3.54. The molecule has 0 aliphatic carbocycles. The molecule has 6 atom stereocenters. The summed E-state index contributed by atoms with van der Waals surface area (Å²) in [6.07, 6.45) is -1.29. The third-order valence-corrected chi connectivity index (χ3v) is 8.21. The number of ether oxygens (including phenoxy) is 1. The molecule has 2 aliphatic heterocycles. The lowest BCUT2D eigenvalue weighted by atomic mass is 9.97. The Morgan fingerprint density at radius 2 is 1.81 bits per heavy atom. The molecule has 3 heterocycles. The summed E-state index contributed by atoms with van der Waals surface area (Å²) in [5.74, 6) is -4.81. The lowest BCUT2D eigenvalue weighted by Gasteiger charge is -2.43. The van der Waals surface area contributed by atoms with E-state index in [0.717, 1.165) is 41.4 Å². The van der Waals surface area contributed by atoms with E-state index >= 15 is 0 Å². The van der Waals surface area contributed by atoms with Crippen LogP contribution in [0.15, 0.2) is 18.3 Å². The van der Waals surface area contributed by atoms with Gasteiger partial charge >= 0.3 is 0 Å². The van der Waals surface area contributed by atoms with Crippen molar-refractivity contribution < 1.29 is 43.1 Å². The van der Waals surface area contributed by atoms with Gasteiger partial charge in [-0.05, 0) is 38.8 Å². The Labute approximate surface area is 215 Å². The normalized spacial score (nSPS) is 27.5. The highest BCUT2D eigenvalue weighted by atomic mass is 32.2. The molecule has 14 heteroatoms. The fourth-order valence-electron chi connectivity index (χ4n) is 4.52. The minimum atomic E-state index is -1.64. The summed E-state index contributed by atoms with van der Waals surface area (Å²) in [4.78, 5) is 14.8. The molecule has 2 fully saturated rings. The summed E-state index contributed by atoms with van der Waals surface area (Å²) in [5, 5.41) is 49.2. The van der Waals surface area contributed by atoms with Gasteiger partial charge in [-0.25, -0.2) is 17.9 Å². The first-order valence-electron chi connectivity index (χ1n) is 11.8. The predicted molar refractivity (Wildman–Crippen MR) is 126 cm³/mol. The number of aliphatic hydroxyl groups excluding tert-OH is 3. The fraction of sp³-hybridized carbons (Fsp3) is 0.609.